The zero-order valence-corrected chi connectivity index (χ0v) is 15.2. The molecule has 0 spiro atoms. The van der Waals surface area contributed by atoms with E-state index in [0.717, 1.165) is 5.69 Å². The SMILES string of the molecule is Cc1cc(NC(=O)c2cnc(Nc3ccccc3C(C)(C)C)cn2)no1. The first-order valence-corrected chi connectivity index (χ1v) is 8.26. The number of anilines is 3. The van der Waals surface area contributed by atoms with E-state index in [-0.39, 0.29) is 11.1 Å². The number of carbonyl (C=O) groups is 1. The molecule has 7 heteroatoms. The Labute approximate surface area is 151 Å². The minimum absolute atomic E-state index is 0.00737. The van der Waals surface area contributed by atoms with Gasteiger partial charge in [0.15, 0.2) is 5.82 Å². The Morgan fingerprint density at radius 2 is 1.85 bits per heavy atom. The summed E-state index contributed by atoms with van der Waals surface area (Å²) < 4.78 is 4.91. The molecule has 3 aromatic rings. The number of rotatable bonds is 4. The largest absolute Gasteiger partial charge is 0.360 e. The van der Waals surface area contributed by atoms with E-state index in [2.05, 4.69) is 52.6 Å². The van der Waals surface area contributed by atoms with Crippen molar-refractivity contribution in [3.63, 3.8) is 0 Å². The van der Waals surface area contributed by atoms with Gasteiger partial charge in [0.25, 0.3) is 5.91 Å². The van der Waals surface area contributed by atoms with E-state index in [4.69, 9.17) is 4.52 Å². The van der Waals surface area contributed by atoms with Crippen LogP contribution in [0.2, 0.25) is 0 Å². The van der Waals surface area contributed by atoms with Gasteiger partial charge in [0.2, 0.25) is 0 Å². The van der Waals surface area contributed by atoms with Gasteiger partial charge in [0, 0.05) is 11.8 Å². The predicted octanol–water partition coefficient (Wildman–Crippen LogP) is 4.07. The van der Waals surface area contributed by atoms with Crippen molar-refractivity contribution in [1.82, 2.24) is 15.1 Å². The first-order valence-electron chi connectivity index (χ1n) is 8.26. The van der Waals surface area contributed by atoms with Crippen LogP contribution in [-0.2, 0) is 5.41 Å². The first kappa shape index (κ1) is 17.6. The fourth-order valence-electron chi connectivity index (χ4n) is 2.50. The molecule has 0 aliphatic carbocycles. The van der Waals surface area contributed by atoms with Crippen molar-refractivity contribution in [2.75, 3.05) is 10.6 Å². The van der Waals surface area contributed by atoms with Crippen LogP contribution < -0.4 is 10.6 Å². The average Bonchev–Trinajstić information content (AvgIpc) is 3.00. The third-order valence-corrected chi connectivity index (χ3v) is 3.75. The van der Waals surface area contributed by atoms with Crippen molar-refractivity contribution in [3.8, 4) is 0 Å². The maximum absolute atomic E-state index is 12.2. The normalized spacial score (nSPS) is 11.2. The maximum Gasteiger partial charge on any atom is 0.277 e. The van der Waals surface area contributed by atoms with Crippen LogP contribution in [0.1, 0.15) is 42.6 Å². The van der Waals surface area contributed by atoms with Gasteiger partial charge in [-0.25, -0.2) is 9.97 Å². The number of hydrogen-bond acceptors (Lipinski definition) is 6. The van der Waals surface area contributed by atoms with Crippen molar-refractivity contribution in [2.24, 2.45) is 0 Å². The highest BCUT2D eigenvalue weighted by Crippen LogP contribution is 2.30. The highest BCUT2D eigenvalue weighted by Gasteiger charge is 2.18. The van der Waals surface area contributed by atoms with E-state index in [1.54, 1.807) is 13.0 Å². The number of aromatic nitrogens is 3. The molecule has 0 aliphatic rings. The van der Waals surface area contributed by atoms with Crippen LogP contribution in [0.15, 0.2) is 47.2 Å². The summed E-state index contributed by atoms with van der Waals surface area (Å²) in [6.07, 6.45) is 2.95. The van der Waals surface area contributed by atoms with Gasteiger partial charge >= 0.3 is 0 Å². The van der Waals surface area contributed by atoms with Crippen LogP contribution in [0, 0.1) is 6.92 Å². The molecule has 2 aromatic heterocycles. The van der Waals surface area contributed by atoms with Gasteiger partial charge in [-0.3, -0.25) is 4.79 Å². The molecule has 2 heterocycles. The number of carbonyl (C=O) groups excluding carboxylic acids is 1. The highest BCUT2D eigenvalue weighted by molar-refractivity contribution is 6.02. The first-order chi connectivity index (χ1) is 12.3. The lowest BCUT2D eigenvalue weighted by molar-refractivity contribution is 0.102. The van der Waals surface area contributed by atoms with Gasteiger partial charge in [-0.2, -0.15) is 0 Å². The van der Waals surface area contributed by atoms with Gasteiger partial charge in [-0.15, -0.1) is 0 Å². The van der Waals surface area contributed by atoms with Crippen LogP contribution in [0.3, 0.4) is 0 Å². The minimum atomic E-state index is -0.396. The predicted molar refractivity (Wildman–Crippen MR) is 99.6 cm³/mol. The quantitative estimate of drug-likeness (QED) is 0.736. The molecule has 7 nitrogen and oxygen atoms in total. The molecule has 26 heavy (non-hydrogen) atoms. The van der Waals surface area contributed by atoms with E-state index in [0.29, 0.717) is 17.4 Å². The molecule has 0 radical (unpaired) electrons. The number of nitrogens with one attached hydrogen (secondary N) is 2. The summed E-state index contributed by atoms with van der Waals surface area (Å²) in [7, 11) is 0. The second-order valence-corrected chi connectivity index (χ2v) is 6.98. The molecule has 0 unspecified atom stereocenters. The molecule has 0 aliphatic heterocycles. The third-order valence-electron chi connectivity index (χ3n) is 3.75. The minimum Gasteiger partial charge on any atom is -0.360 e. The lowest BCUT2D eigenvalue weighted by atomic mass is 9.86. The average molecular weight is 351 g/mol. The van der Waals surface area contributed by atoms with E-state index in [1.807, 2.05) is 18.2 Å². The molecular formula is C19H21N5O2. The molecule has 134 valence electrons. The monoisotopic (exact) mass is 351 g/mol. The molecule has 0 atom stereocenters. The van der Waals surface area contributed by atoms with Gasteiger partial charge < -0.3 is 15.2 Å². The maximum atomic E-state index is 12.2. The second kappa shape index (κ2) is 6.95. The summed E-state index contributed by atoms with van der Waals surface area (Å²) in [5, 5.41) is 9.60. The Balaban J connectivity index is 1.73. The van der Waals surface area contributed by atoms with E-state index >= 15 is 0 Å². The molecule has 2 N–H and O–H groups in total. The Morgan fingerprint density at radius 1 is 1.08 bits per heavy atom. The van der Waals surface area contributed by atoms with Crippen molar-refractivity contribution in [2.45, 2.75) is 33.1 Å². The number of hydrogen-bond donors (Lipinski definition) is 2. The Kier molecular flexibility index (Phi) is 4.71. The van der Waals surface area contributed by atoms with Crippen molar-refractivity contribution < 1.29 is 9.32 Å². The Hall–Kier alpha value is -3.22. The van der Waals surface area contributed by atoms with Gasteiger partial charge in [0.05, 0.1) is 12.4 Å². The third kappa shape index (κ3) is 4.05. The van der Waals surface area contributed by atoms with Crippen LogP contribution in [0.5, 0.6) is 0 Å². The smallest absolute Gasteiger partial charge is 0.277 e. The summed E-state index contributed by atoms with van der Waals surface area (Å²) in [5.74, 6) is 1.13. The van der Waals surface area contributed by atoms with Crippen molar-refractivity contribution in [1.29, 1.82) is 0 Å². The van der Waals surface area contributed by atoms with Crippen molar-refractivity contribution in [3.05, 3.63) is 59.7 Å². The molecule has 0 bridgehead atoms. The van der Waals surface area contributed by atoms with Gasteiger partial charge in [-0.05, 0) is 24.0 Å². The molecule has 0 saturated carbocycles. The topological polar surface area (TPSA) is 92.9 Å². The summed E-state index contributed by atoms with van der Waals surface area (Å²) in [5.41, 5.74) is 2.32. The number of aryl methyl sites for hydroxylation is 1. The molecule has 0 fully saturated rings. The summed E-state index contributed by atoms with van der Waals surface area (Å²) >= 11 is 0. The number of benzene rings is 1. The molecule has 0 saturated heterocycles. The zero-order valence-electron chi connectivity index (χ0n) is 15.2. The molecule has 1 aromatic carbocycles. The zero-order chi connectivity index (χ0) is 18.7. The van der Waals surface area contributed by atoms with E-state index < -0.39 is 5.91 Å². The van der Waals surface area contributed by atoms with Crippen LogP contribution in [0.25, 0.3) is 0 Å². The van der Waals surface area contributed by atoms with Crippen LogP contribution in [0.4, 0.5) is 17.3 Å². The lowest BCUT2D eigenvalue weighted by Crippen LogP contribution is -2.15. The highest BCUT2D eigenvalue weighted by atomic mass is 16.5. The number of para-hydroxylation sites is 1. The van der Waals surface area contributed by atoms with Gasteiger partial charge in [0.1, 0.15) is 17.3 Å². The summed E-state index contributed by atoms with van der Waals surface area (Å²) in [6.45, 7) is 8.20. The standard InChI is InChI=1S/C19H21N5O2/c1-12-9-16(24-26-12)23-18(25)15-10-21-17(11-20-15)22-14-8-6-5-7-13(14)19(2,3)4/h5-11H,1-4H3,(H,21,22)(H,23,24,25). The van der Waals surface area contributed by atoms with Crippen LogP contribution >= 0.6 is 0 Å². The number of nitrogens with zero attached hydrogens (tertiary/aromatic N) is 3. The number of amides is 1. The van der Waals surface area contributed by atoms with Crippen LogP contribution in [-0.4, -0.2) is 21.0 Å². The molecular weight excluding hydrogens is 330 g/mol. The van der Waals surface area contributed by atoms with Gasteiger partial charge in [-0.1, -0.05) is 44.1 Å². The van der Waals surface area contributed by atoms with Crippen molar-refractivity contribution >= 4 is 23.2 Å². The fourth-order valence-corrected chi connectivity index (χ4v) is 2.50. The molecule has 1 amide bonds. The van der Waals surface area contributed by atoms with E-state index in [1.165, 1.54) is 18.0 Å². The fraction of sp³-hybridized carbons (Fsp3) is 0.263. The Morgan fingerprint density at radius 3 is 2.46 bits per heavy atom. The second-order valence-electron chi connectivity index (χ2n) is 6.98. The molecule has 3 rings (SSSR count). The summed E-state index contributed by atoms with van der Waals surface area (Å²) in [4.78, 5) is 20.6. The summed E-state index contributed by atoms with van der Waals surface area (Å²) in [6, 6.07) is 9.68. The lowest BCUT2D eigenvalue weighted by Gasteiger charge is -2.23. The van der Waals surface area contributed by atoms with E-state index in [9.17, 15) is 4.79 Å². The Bertz CT molecular complexity index is 910.